The molecule has 0 bridgehead atoms. The zero-order chi connectivity index (χ0) is 28.6. The van der Waals surface area contributed by atoms with Gasteiger partial charge in [-0.3, -0.25) is 0 Å². The lowest BCUT2D eigenvalue weighted by Gasteiger charge is -2.43. The summed E-state index contributed by atoms with van der Waals surface area (Å²) in [6.45, 7) is 2.05. The smallest absolute Gasteiger partial charge is 0.339 e. The molecule has 0 spiro atoms. The second kappa shape index (κ2) is 10.8. The molecule has 0 N–H and O–H groups in total. The molecular formula is C38H30O4. The third kappa shape index (κ3) is 4.50. The molecule has 42 heavy (non-hydrogen) atoms. The van der Waals surface area contributed by atoms with Crippen LogP contribution in [0.1, 0.15) is 50.6 Å². The Bertz CT molecular complexity index is 1860. The Morgan fingerprint density at radius 1 is 0.548 bits per heavy atom. The summed E-state index contributed by atoms with van der Waals surface area (Å²) in [5.41, 5.74) is 3.20. The van der Waals surface area contributed by atoms with Crippen LogP contribution in [0.25, 0.3) is 21.5 Å². The minimum Gasteiger partial charge on any atom is -0.454 e. The van der Waals surface area contributed by atoms with Gasteiger partial charge in [0.1, 0.15) is 12.2 Å². The lowest BCUT2D eigenvalue weighted by molar-refractivity contribution is -0.0601. The van der Waals surface area contributed by atoms with E-state index >= 15 is 0 Å². The number of carbonyl (C=O) groups is 2. The predicted octanol–water partition coefficient (Wildman–Crippen LogP) is 8.39. The van der Waals surface area contributed by atoms with Crippen LogP contribution >= 0.6 is 0 Å². The Balaban J connectivity index is 1.32. The van der Waals surface area contributed by atoms with Gasteiger partial charge in [0.25, 0.3) is 0 Å². The van der Waals surface area contributed by atoms with E-state index in [1.54, 1.807) is 12.1 Å². The maximum absolute atomic E-state index is 14.0. The maximum Gasteiger partial charge on any atom is 0.339 e. The van der Waals surface area contributed by atoms with Crippen LogP contribution in [0.15, 0.2) is 133 Å². The number of carbonyl (C=O) groups excluding carboxylic acids is 2. The largest absolute Gasteiger partial charge is 0.454 e. The van der Waals surface area contributed by atoms with E-state index in [0.29, 0.717) is 11.1 Å². The van der Waals surface area contributed by atoms with Crippen molar-refractivity contribution >= 4 is 33.5 Å². The number of esters is 2. The van der Waals surface area contributed by atoms with Gasteiger partial charge >= 0.3 is 11.9 Å². The van der Waals surface area contributed by atoms with Crippen molar-refractivity contribution in [3.8, 4) is 0 Å². The fraction of sp³-hybridized carbons (Fsp3) is 0.158. The number of ether oxygens (including phenoxy) is 2. The van der Waals surface area contributed by atoms with Crippen LogP contribution in [0, 0.1) is 5.92 Å². The Hall–Kier alpha value is -4.96. The van der Waals surface area contributed by atoms with Gasteiger partial charge in [0.2, 0.25) is 0 Å². The van der Waals surface area contributed by atoms with Crippen LogP contribution in [0.4, 0.5) is 0 Å². The highest BCUT2D eigenvalue weighted by molar-refractivity contribution is 6.05. The van der Waals surface area contributed by atoms with Crippen LogP contribution in [-0.2, 0) is 9.47 Å². The lowest BCUT2D eigenvalue weighted by atomic mass is 9.69. The molecule has 2 aliphatic carbocycles. The molecule has 0 radical (unpaired) electrons. The van der Waals surface area contributed by atoms with Crippen LogP contribution in [-0.4, -0.2) is 24.1 Å². The molecule has 0 aromatic heterocycles. The predicted molar refractivity (Wildman–Crippen MR) is 166 cm³/mol. The molecule has 2 aliphatic rings. The van der Waals surface area contributed by atoms with Gasteiger partial charge < -0.3 is 9.47 Å². The molecule has 0 amide bonds. The lowest BCUT2D eigenvalue weighted by Crippen LogP contribution is -2.47. The summed E-state index contributed by atoms with van der Waals surface area (Å²) in [5.74, 6) is -1.29. The number of allylic oxidation sites excluding steroid dienone is 4. The van der Waals surface area contributed by atoms with Crippen molar-refractivity contribution in [3.05, 3.63) is 156 Å². The van der Waals surface area contributed by atoms with Gasteiger partial charge in [-0.25, -0.2) is 9.59 Å². The summed E-state index contributed by atoms with van der Waals surface area (Å²) < 4.78 is 12.9. The number of hydrogen-bond donors (Lipinski definition) is 0. The van der Waals surface area contributed by atoms with E-state index in [1.165, 1.54) is 0 Å². The first kappa shape index (κ1) is 26.0. The fourth-order valence-corrected chi connectivity index (χ4v) is 6.68. The number of benzene rings is 5. The van der Waals surface area contributed by atoms with E-state index in [2.05, 4.69) is 31.2 Å². The molecule has 0 saturated heterocycles. The molecule has 4 nitrogen and oxygen atoms in total. The van der Waals surface area contributed by atoms with Crippen LogP contribution in [0.3, 0.4) is 0 Å². The molecule has 0 saturated carbocycles. The maximum atomic E-state index is 14.0. The topological polar surface area (TPSA) is 52.6 Å². The van der Waals surface area contributed by atoms with Gasteiger partial charge in [-0.05, 0) is 44.8 Å². The number of rotatable bonds is 5. The van der Waals surface area contributed by atoms with E-state index in [0.717, 1.165) is 32.7 Å². The molecule has 206 valence electrons. The van der Waals surface area contributed by atoms with Crippen molar-refractivity contribution in [3.63, 3.8) is 0 Å². The Morgan fingerprint density at radius 2 is 1.02 bits per heavy atom. The Morgan fingerprint density at radius 3 is 1.62 bits per heavy atom. The van der Waals surface area contributed by atoms with E-state index in [4.69, 9.17) is 9.47 Å². The van der Waals surface area contributed by atoms with E-state index in [1.807, 2.05) is 97.1 Å². The van der Waals surface area contributed by atoms with Gasteiger partial charge in [0.15, 0.2) is 0 Å². The first-order valence-electron chi connectivity index (χ1n) is 14.4. The van der Waals surface area contributed by atoms with Crippen LogP contribution in [0.2, 0.25) is 0 Å². The molecule has 5 aromatic rings. The van der Waals surface area contributed by atoms with Crippen molar-refractivity contribution in [2.24, 2.45) is 5.92 Å². The first-order chi connectivity index (χ1) is 20.6. The first-order valence-corrected chi connectivity index (χ1v) is 14.4. The van der Waals surface area contributed by atoms with Gasteiger partial charge in [0.05, 0.1) is 11.1 Å². The van der Waals surface area contributed by atoms with Gasteiger partial charge in [0, 0.05) is 17.8 Å². The standard InChI is InChI=1S/C38H30O4/c1-24-28-18-8-9-21-31(28)34(27-14-2-3-15-27)36(42-38(40)33-23-11-17-26-13-5-7-20-30(26)33)35(24)41-37(39)32-22-10-16-25-12-4-6-19-29(25)32/h2-24,27,34-36H,1H3/t24-,34-,35?,36?/m0/s1. The highest BCUT2D eigenvalue weighted by atomic mass is 16.6. The normalized spacial score (nSPS) is 21.4. The van der Waals surface area contributed by atoms with Crippen molar-refractivity contribution in [1.82, 2.24) is 0 Å². The third-order valence-electron chi connectivity index (χ3n) is 8.71. The van der Waals surface area contributed by atoms with Gasteiger partial charge in [-0.1, -0.05) is 128 Å². The van der Waals surface area contributed by atoms with E-state index < -0.39 is 24.1 Å². The average molecular weight is 551 g/mol. The molecular weight excluding hydrogens is 520 g/mol. The highest BCUT2D eigenvalue weighted by Gasteiger charge is 2.48. The number of hydrogen-bond acceptors (Lipinski definition) is 4. The SMILES string of the molecule is C[C@H]1c2ccccc2[C@H](C2C=CC=C2)C(OC(=O)c2cccc3ccccc23)C1OC(=O)c1cccc2ccccc12. The molecule has 4 atom stereocenters. The fourth-order valence-electron chi connectivity index (χ4n) is 6.68. The zero-order valence-corrected chi connectivity index (χ0v) is 23.2. The summed E-state index contributed by atoms with van der Waals surface area (Å²) in [6.07, 6.45) is 6.88. The molecule has 0 fully saturated rings. The molecule has 7 rings (SSSR count). The molecule has 0 heterocycles. The summed E-state index contributed by atoms with van der Waals surface area (Å²) in [6, 6.07) is 35.1. The summed E-state index contributed by atoms with van der Waals surface area (Å²) >= 11 is 0. The minimum absolute atomic E-state index is 0.0114. The monoisotopic (exact) mass is 550 g/mol. The third-order valence-corrected chi connectivity index (χ3v) is 8.71. The van der Waals surface area contributed by atoms with Crippen molar-refractivity contribution in [2.75, 3.05) is 0 Å². The number of fused-ring (bicyclic) bond motifs is 3. The molecule has 2 unspecified atom stereocenters. The van der Waals surface area contributed by atoms with E-state index in [-0.39, 0.29) is 17.8 Å². The molecule has 0 aliphatic heterocycles. The second-order valence-corrected chi connectivity index (χ2v) is 11.1. The summed E-state index contributed by atoms with van der Waals surface area (Å²) in [7, 11) is 0. The van der Waals surface area contributed by atoms with Crippen molar-refractivity contribution in [1.29, 1.82) is 0 Å². The summed E-state index contributed by atoms with van der Waals surface area (Å²) in [4.78, 5) is 27.9. The van der Waals surface area contributed by atoms with E-state index in [9.17, 15) is 9.59 Å². The zero-order valence-electron chi connectivity index (χ0n) is 23.2. The van der Waals surface area contributed by atoms with Gasteiger partial charge in [-0.2, -0.15) is 0 Å². The second-order valence-electron chi connectivity index (χ2n) is 11.1. The van der Waals surface area contributed by atoms with Crippen LogP contribution in [0.5, 0.6) is 0 Å². The Kier molecular flexibility index (Phi) is 6.67. The van der Waals surface area contributed by atoms with Crippen molar-refractivity contribution in [2.45, 2.75) is 31.0 Å². The average Bonchev–Trinajstić information content (AvgIpc) is 3.57. The van der Waals surface area contributed by atoms with Gasteiger partial charge in [-0.15, -0.1) is 0 Å². The summed E-state index contributed by atoms with van der Waals surface area (Å²) in [5, 5.41) is 3.59. The quantitative estimate of drug-likeness (QED) is 0.206. The van der Waals surface area contributed by atoms with Crippen molar-refractivity contribution < 1.29 is 19.1 Å². The Labute approximate surface area is 244 Å². The molecule has 4 heteroatoms. The minimum atomic E-state index is -0.710. The highest BCUT2D eigenvalue weighted by Crippen LogP contribution is 2.47. The van der Waals surface area contributed by atoms with Crippen LogP contribution < -0.4 is 0 Å². The molecule has 5 aromatic carbocycles.